The topological polar surface area (TPSA) is 101 Å². The standard InChI is InChI=1S/C14H9ClN4O3/c15-12-3-2-10(19(21)22)6-11(12)14(20)17-9-1-4-13-8(5-9)7-16-18-13/h1-7H,(H,16,18)(H,17,20). The van der Waals surface area contributed by atoms with Gasteiger partial charge in [-0.3, -0.25) is 20.0 Å². The van der Waals surface area contributed by atoms with Gasteiger partial charge in [-0.15, -0.1) is 0 Å². The monoisotopic (exact) mass is 316 g/mol. The number of aromatic nitrogens is 2. The molecule has 7 nitrogen and oxygen atoms in total. The zero-order valence-corrected chi connectivity index (χ0v) is 11.8. The lowest BCUT2D eigenvalue weighted by Crippen LogP contribution is -2.12. The van der Waals surface area contributed by atoms with Crippen LogP contribution in [0.2, 0.25) is 5.02 Å². The summed E-state index contributed by atoms with van der Waals surface area (Å²) in [7, 11) is 0. The molecule has 3 rings (SSSR count). The van der Waals surface area contributed by atoms with E-state index in [2.05, 4.69) is 15.5 Å². The van der Waals surface area contributed by atoms with Crippen LogP contribution in [0.4, 0.5) is 11.4 Å². The van der Waals surface area contributed by atoms with Gasteiger partial charge >= 0.3 is 0 Å². The van der Waals surface area contributed by atoms with Crippen molar-refractivity contribution < 1.29 is 9.72 Å². The number of nitrogens with zero attached hydrogens (tertiary/aromatic N) is 2. The largest absolute Gasteiger partial charge is 0.322 e. The summed E-state index contributed by atoms with van der Waals surface area (Å²) in [5.74, 6) is -0.517. The fourth-order valence-corrected chi connectivity index (χ4v) is 2.22. The van der Waals surface area contributed by atoms with Crippen LogP contribution in [0.15, 0.2) is 42.6 Å². The summed E-state index contributed by atoms with van der Waals surface area (Å²) in [5.41, 5.74) is 1.23. The second-order valence-electron chi connectivity index (χ2n) is 4.55. The minimum Gasteiger partial charge on any atom is -0.322 e. The van der Waals surface area contributed by atoms with Crippen molar-refractivity contribution in [3.05, 3.63) is 63.3 Å². The molecule has 2 N–H and O–H groups in total. The summed E-state index contributed by atoms with van der Waals surface area (Å²) < 4.78 is 0. The molecular weight excluding hydrogens is 308 g/mol. The van der Waals surface area contributed by atoms with Crippen LogP contribution >= 0.6 is 11.6 Å². The molecule has 110 valence electrons. The first-order valence-corrected chi connectivity index (χ1v) is 6.61. The van der Waals surface area contributed by atoms with Gasteiger partial charge in [-0.05, 0) is 24.3 Å². The highest BCUT2D eigenvalue weighted by atomic mass is 35.5. The van der Waals surface area contributed by atoms with Gasteiger partial charge < -0.3 is 5.32 Å². The third-order valence-electron chi connectivity index (χ3n) is 3.10. The number of nitro groups is 1. The maximum absolute atomic E-state index is 12.2. The molecule has 1 aromatic heterocycles. The number of benzene rings is 2. The molecule has 2 aromatic carbocycles. The lowest BCUT2D eigenvalue weighted by atomic mass is 10.1. The molecule has 0 bridgehead atoms. The van der Waals surface area contributed by atoms with Crippen molar-refractivity contribution >= 4 is 39.8 Å². The normalized spacial score (nSPS) is 10.6. The lowest BCUT2D eigenvalue weighted by Gasteiger charge is -2.07. The number of anilines is 1. The number of carbonyl (C=O) groups excluding carboxylic acids is 1. The van der Waals surface area contributed by atoms with Crippen LogP contribution < -0.4 is 5.32 Å². The van der Waals surface area contributed by atoms with E-state index in [1.165, 1.54) is 12.1 Å². The Morgan fingerprint density at radius 3 is 2.86 bits per heavy atom. The van der Waals surface area contributed by atoms with Crippen LogP contribution in [0.25, 0.3) is 10.9 Å². The van der Waals surface area contributed by atoms with Gasteiger partial charge in [-0.25, -0.2) is 0 Å². The van der Waals surface area contributed by atoms with E-state index < -0.39 is 10.8 Å². The molecular formula is C14H9ClN4O3. The third kappa shape index (κ3) is 2.61. The van der Waals surface area contributed by atoms with Crippen molar-refractivity contribution in [1.82, 2.24) is 10.2 Å². The van der Waals surface area contributed by atoms with Crippen LogP contribution in [0.5, 0.6) is 0 Å². The van der Waals surface area contributed by atoms with E-state index in [9.17, 15) is 14.9 Å². The number of rotatable bonds is 3. The van der Waals surface area contributed by atoms with Crippen molar-refractivity contribution in [2.75, 3.05) is 5.32 Å². The Kier molecular flexibility index (Phi) is 3.48. The summed E-state index contributed by atoms with van der Waals surface area (Å²) in [6.45, 7) is 0. The Morgan fingerprint density at radius 1 is 1.27 bits per heavy atom. The number of carbonyl (C=O) groups is 1. The number of aromatic amines is 1. The molecule has 8 heteroatoms. The molecule has 0 fully saturated rings. The Morgan fingerprint density at radius 2 is 2.09 bits per heavy atom. The summed E-state index contributed by atoms with van der Waals surface area (Å²) in [5, 5.41) is 21.1. The van der Waals surface area contributed by atoms with Crippen molar-refractivity contribution in [3.8, 4) is 0 Å². The molecule has 0 unspecified atom stereocenters. The van der Waals surface area contributed by atoms with Crippen LogP contribution in [-0.2, 0) is 0 Å². The van der Waals surface area contributed by atoms with Gasteiger partial charge in [0.2, 0.25) is 0 Å². The van der Waals surface area contributed by atoms with Gasteiger partial charge in [0.1, 0.15) is 0 Å². The first kappa shape index (κ1) is 14.0. The van der Waals surface area contributed by atoms with Crippen molar-refractivity contribution in [3.63, 3.8) is 0 Å². The predicted molar refractivity (Wildman–Crippen MR) is 82.2 cm³/mol. The van der Waals surface area contributed by atoms with Crippen molar-refractivity contribution in [2.45, 2.75) is 0 Å². The Labute approximate surface area is 129 Å². The number of fused-ring (bicyclic) bond motifs is 1. The van der Waals surface area contributed by atoms with E-state index >= 15 is 0 Å². The average Bonchev–Trinajstić information content (AvgIpc) is 2.94. The number of hydrogen-bond acceptors (Lipinski definition) is 4. The van der Waals surface area contributed by atoms with Crippen LogP contribution in [0.1, 0.15) is 10.4 Å². The fourth-order valence-electron chi connectivity index (χ4n) is 2.02. The van der Waals surface area contributed by atoms with Gasteiger partial charge in [0.15, 0.2) is 0 Å². The lowest BCUT2D eigenvalue weighted by molar-refractivity contribution is -0.384. The van der Waals surface area contributed by atoms with E-state index in [0.29, 0.717) is 5.69 Å². The summed E-state index contributed by atoms with van der Waals surface area (Å²) in [6, 6.07) is 8.93. The molecule has 1 heterocycles. The predicted octanol–water partition coefficient (Wildman–Crippen LogP) is 3.38. The van der Waals surface area contributed by atoms with E-state index in [0.717, 1.165) is 17.0 Å². The molecule has 0 radical (unpaired) electrons. The van der Waals surface area contributed by atoms with Crippen LogP contribution in [0.3, 0.4) is 0 Å². The zero-order chi connectivity index (χ0) is 15.7. The Hall–Kier alpha value is -2.93. The number of halogens is 1. The van der Waals surface area contributed by atoms with Gasteiger partial charge in [0, 0.05) is 23.2 Å². The maximum atomic E-state index is 12.2. The minimum atomic E-state index is -0.579. The third-order valence-corrected chi connectivity index (χ3v) is 3.43. The van der Waals surface area contributed by atoms with E-state index in [4.69, 9.17) is 11.6 Å². The second-order valence-corrected chi connectivity index (χ2v) is 4.95. The molecule has 0 spiro atoms. The maximum Gasteiger partial charge on any atom is 0.270 e. The number of nitrogens with one attached hydrogen (secondary N) is 2. The summed E-state index contributed by atoms with van der Waals surface area (Å²) in [4.78, 5) is 22.4. The van der Waals surface area contributed by atoms with Gasteiger partial charge in [0.25, 0.3) is 11.6 Å². The highest BCUT2D eigenvalue weighted by Gasteiger charge is 2.16. The average molecular weight is 317 g/mol. The van der Waals surface area contributed by atoms with Crippen molar-refractivity contribution in [1.29, 1.82) is 0 Å². The number of H-pyrrole nitrogens is 1. The highest BCUT2D eigenvalue weighted by molar-refractivity contribution is 6.34. The minimum absolute atomic E-state index is 0.0446. The molecule has 0 atom stereocenters. The summed E-state index contributed by atoms with van der Waals surface area (Å²) in [6.07, 6.45) is 1.63. The number of non-ortho nitro benzene ring substituents is 1. The van der Waals surface area contributed by atoms with E-state index in [1.54, 1.807) is 24.4 Å². The number of hydrogen-bond donors (Lipinski definition) is 2. The second kappa shape index (κ2) is 5.45. The summed E-state index contributed by atoms with van der Waals surface area (Å²) >= 11 is 5.94. The van der Waals surface area contributed by atoms with Crippen LogP contribution in [0, 0.1) is 10.1 Å². The number of amides is 1. The zero-order valence-electron chi connectivity index (χ0n) is 11.0. The number of nitro benzene ring substituents is 1. The molecule has 0 aliphatic heterocycles. The molecule has 0 saturated carbocycles. The first-order valence-electron chi connectivity index (χ1n) is 6.23. The van der Waals surface area contributed by atoms with Gasteiger partial charge in [-0.1, -0.05) is 11.6 Å². The molecule has 0 aliphatic rings. The molecule has 3 aromatic rings. The SMILES string of the molecule is O=C(Nc1ccc2[nH]ncc2c1)c1cc([N+](=O)[O-])ccc1Cl. The van der Waals surface area contributed by atoms with E-state index in [1.807, 2.05) is 0 Å². The van der Waals surface area contributed by atoms with E-state index in [-0.39, 0.29) is 16.3 Å². The van der Waals surface area contributed by atoms with Crippen LogP contribution in [-0.4, -0.2) is 21.0 Å². The Bertz CT molecular complexity index is 891. The van der Waals surface area contributed by atoms with Gasteiger partial charge in [-0.2, -0.15) is 5.10 Å². The quantitative estimate of drug-likeness (QED) is 0.571. The fraction of sp³-hybridized carbons (Fsp3) is 0. The Balaban J connectivity index is 1.90. The molecule has 1 amide bonds. The first-order chi connectivity index (χ1) is 10.5. The van der Waals surface area contributed by atoms with Gasteiger partial charge in [0.05, 0.1) is 27.2 Å². The molecule has 0 saturated heterocycles. The smallest absolute Gasteiger partial charge is 0.270 e. The molecule has 0 aliphatic carbocycles. The molecule has 22 heavy (non-hydrogen) atoms. The highest BCUT2D eigenvalue weighted by Crippen LogP contribution is 2.24. The van der Waals surface area contributed by atoms with Crippen molar-refractivity contribution in [2.24, 2.45) is 0 Å².